The first kappa shape index (κ1) is 24.4. The van der Waals surface area contributed by atoms with Crippen molar-refractivity contribution in [1.29, 1.82) is 0 Å². The maximum absolute atomic E-state index is 12.3. The number of ether oxygens (including phenoxy) is 3. The highest BCUT2D eigenvalue weighted by Gasteiger charge is 2.33. The highest BCUT2D eigenvalue weighted by Crippen LogP contribution is 2.39. The van der Waals surface area contributed by atoms with E-state index >= 15 is 0 Å². The number of carboxylic acid groups (broad SMARTS) is 1. The molecule has 0 saturated heterocycles. The van der Waals surface area contributed by atoms with Crippen LogP contribution in [0.5, 0.6) is 11.5 Å². The van der Waals surface area contributed by atoms with Gasteiger partial charge in [-0.2, -0.15) is 0 Å². The van der Waals surface area contributed by atoms with Crippen molar-refractivity contribution < 1.29 is 28.9 Å². The third kappa shape index (κ3) is 6.74. The molecule has 28 heavy (non-hydrogen) atoms. The van der Waals surface area contributed by atoms with Crippen LogP contribution >= 0.6 is 0 Å². The minimum absolute atomic E-state index is 0. The van der Waals surface area contributed by atoms with Crippen LogP contribution in [0.1, 0.15) is 51.1 Å². The van der Waals surface area contributed by atoms with Crippen LogP contribution < -0.4 is 14.8 Å². The highest BCUT2D eigenvalue weighted by atomic mass is 24.3. The molecule has 1 aromatic rings. The predicted molar refractivity (Wildman–Crippen MR) is 106 cm³/mol. The number of hydrogen-bond acceptors (Lipinski definition) is 5. The molecule has 2 N–H and O–H groups in total. The Labute approximate surface area is 182 Å². The van der Waals surface area contributed by atoms with E-state index in [4.69, 9.17) is 14.2 Å². The van der Waals surface area contributed by atoms with E-state index in [0.717, 1.165) is 5.56 Å². The number of amides is 1. The molecule has 1 unspecified atom stereocenters. The molecule has 1 aromatic carbocycles. The maximum Gasteiger partial charge on any atom is 0.407 e. The second-order valence-corrected chi connectivity index (χ2v) is 7.17. The molecule has 7 nitrogen and oxygen atoms in total. The van der Waals surface area contributed by atoms with Gasteiger partial charge in [0.15, 0.2) is 0 Å². The van der Waals surface area contributed by atoms with Crippen molar-refractivity contribution in [2.75, 3.05) is 14.2 Å². The Kier molecular flexibility index (Phi) is 9.88. The molecule has 0 bridgehead atoms. The zero-order valence-corrected chi connectivity index (χ0v) is 18.5. The lowest BCUT2D eigenvalue weighted by Crippen LogP contribution is -2.37. The number of hydrogen-bond donors (Lipinski definition) is 2. The first-order valence-electron chi connectivity index (χ1n) is 9.27. The average molecular weight is 404 g/mol. The van der Waals surface area contributed by atoms with Gasteiger partial charge in [-0.05, 0) is 63.1 Å². The number of carbonyl (C=O) groups is 2. The molecule has 0 spiro atoms. The van der Waals surface area contributed by atoms with Gasteiger partial charge in [-0.3, -0.25) is 4.79 Å². The second kappa shape index (κ2) is 11.4. The van der Waals surface area contributed by atoms with Crippen molar-refractivity contribution in [3.63, 3.8) is 0 Å². The summed E-state index contributed by atoms with van der Waals surface area (Å²) in [6.07, 6.45) is 1.90. The van der Waals surface area contributed by atoms with E-state index in [-0.39, 0.29) is 47.0 Å². The highest BCUT2D eigenvalue weighted by molar-refractivity contribution is 5.75. The van der Waals surface area contributed by atoms with Crippen LogP contribution in [0.25, 0.3) is 0 Å². The van der Waals surface area contributed by atoms with Crippen LogP contribution in [-0.4, -0.2) is 60.5 Å². The van der Waals surface area contributed by atoms with E-state index in [0.29, 0.717) is 37.2 Å². The van der Waals surface area contributed by atoms with E-state index in [1.54, 1.807) is 34.1 Å². The van der Waals surface area contributed by atoms with Gasteiger partial charge in [-0.1, -0.05) is 0 Å². The second-order valence-electron chi connectivity index (χ2n) is 7.17. The third-order valence-corrected chi connectivity index (χ3v) is 4.94. The van der Waals surface area contributed by atoms with E-state index in [9.17, 15) is 14.7 Å². The number of carbonyl (C=O) groups excluding carboxylic acids is 1. The summed E-state index contributed by atoms with van der Waals surface area (Å²) >= 11 is 0. The standard InChI is InChI=1S/C20H29NO6.Mg/c1-12(2)27-20(24)21-18(13-5-7-14(8-6-13)19(22)23)15-9-16(25-3)11-17(10-15)26-4;/h9-14,18H,5-8H2,1-4H3,(H,21,24)(H,22,23);/t13-,14-,18?;. The predicted octanol–water partition coefficient (Wildman–Crippen LogP) is 3.39. The average Bonchev–Trinajstić information content (AvgIpc) is 2.65. The third-order valence-electron chi connectivity index (χ3n) is 4.94. The van der Waals surface area contributed by atoms with E-state index in [2.05, 4.69) is 5.32 Å². The van der Waals surface area contributed by atoms with Crippen molar-refractivity contribution in [3.05, 3.63) is 23.8 Å². The molecule has 1 aliphatic carbocycles. The Bertz CT molecular complexity index is 636. The molecule has 0 aromatic heterocycles. The zero-order valence-electron chi connectivity index (χ0n) is 17.1. The van der Waals surface area contributed by atoms with Gasteiger partial charge in [0.05, 0.1) is 32.3 Å². The Balaban J connectivity index is 0.00000392. The van der Waals surface area contributed by atoms with Gasteiger partial charge >= 0.3 is 12.1 Å². The van der Waals surface area contributed by atoms with Gasteiger partial charge in [-0.25, -0.2) is 4.79 Å². The summed E-state index contributed by atoms with van der Waals surface area (Å²) in [6.45, 7) is 3.59. The Hall–Kier alpha value is -1.67. The molecule has 152 valence electrons. The lowest BCUT2D eigenvalue weighted by atomic mass is 9.76. The van der Waals surface area contributed by atoms with Crippen molar-refractivity contribution in [2.24, 2.45) is 11.8 Å². The lowest BCUT2D eigenvalue weighted by Gasteiger charge is -2.33. The fourth-order valence-corrected chi connectivity index (χ4v) is 3.56. The summed E-state index contributed by atoms with van der Waals surface area (Å²) in [6, 6.07) is 5.20. The zero-order chi connectivity index (χ0) is 20.0. The molecule has 0 aliphatic heterocycles. The SMILES string of the molecule is COc1cc(OC)cc(C(NC(=O)OC(C)C)[C@H]2CC[C@H](C(=O)O)CC2)c1.[Mg]. The van der Waals surface area contributed by atoms with Crippen molar-refractivity contribution in [2.45, 2.75) is 51.7 Å². The molecule has 8 heteroatoms. The fourth-order valence-electron chi connectivity index (χ4n) is 3.56. The fraction of sp³-hybridized carbons (Fsp3) is 0.600. The largest absolute Gasteiger partial charge is 0.497 e. The monoisotopic (exact) mass is 403 g/mol. The van der Waals surface area contributed by atoms with Crippen molar-refractivity contribution >= 4 is 35.1 Å². The van der Waals surface area contributed by atoms with Crippen LogP contribution in [0.2, 0.25) is 0 Å². The number of nitrogens with one attached hydrogen (secondary N) is 1. The van der Waals surface area contributed by atoms with Crippen molar-refractivity contribution in [1.82, 2.24) is 5.32 Å². The summed E-state index contributed by atoms with van der Waals surface area (Å²) in [4.78, 5) is 23.5. The Morgan fingerprint density at radius 3 is 2.00 bits per heavy atom. The Morgan fingerprint density at radius 2 is 1.57 bits per heavy atom. The van der Waals surface area contributed by atoms with Crippen LogP contribution in [0, 0.1) is 11.8 Å². The summed E-state index contributed by atoms with van der Waals surface area (Å²) in [5.41, 5.74) is 0.852. The molecule has 0 heterocycles. The minimum atomic E-state index is -0.750. The number of alkyl carbamates (subject to hydrolysis) is 1. The van der Waals surface area contributed by atoms with Crippen LogP contribution in [-0.2, 0) is 9.53 Å². The molecule has 2 radical (unpaired) electrons. The van der Waals surface area contributed by atoms with Gasteiger partial charge in [-0.15, -0.1) is 0 Å². The molecule has 1 amide bonds. The van der Waals surface area contributed by atoms with E-state index in [1.807, 2.05) is 12.1 Å². The first-order chi connectivity index (χ1) is 12.8. The first-order valence-corrected chi connectivity index (χ1v) is 9.27. The smallest absolute Gasteiger partial charge is 0.407 e. The summed E-state index contributed by atoms with van der Waals surface area (Å²) in [7, 11) is 3.15. The number of carboxylic acids is 1. The maximum atomic E-state index is 12.3. The van der Waals surface area contributed by atoms with Crippen LogP contribution in [0.3, 0.4) is 0 Å². The molecule has 2 rings (SSSR count). The van der Waals surface area contributed by atoms with Gasteiger partial charge in [0.25, 0.3) is 0 Å². The number of methoxy groups -OCH3 is 2. The van der Waals surface area contributed by atoms with Gasteiger partial charge in [0, 0.05) is 29.1 Å². The summed E-state index contributed by atoms with van der Waals surface area (Å²) in [5.74, 6) is 0.307. The van der Waals surface area contributed by atoms with Gasteiger partial charge in [0.1, 0.15) is 11.5 Å². The molecule has 1 atom stereocenters. The molecular formula is C20H29MgNO6. The normalized spacial score (nSPS) is 19.9. The molecular weight excluding hydrogens is 375 g/mol. The summed E-state index contributed by atoms with van der Waals surface area (Å²) in [5, 5.41) is 12.2. The summed E-state index contributed by atoms with van der Waals surface area (Å²) < 4.78 is 16.0. The van der Waals surface area contributed by atoms with E-state index < -0.39 is 12.1 Å². The topological polar surface area (TPSA) is 94.1 Å². The minimum Gasteiger partial charge on any atom is -0.497 e. The van der Waals surface area contributed by atoms with Gasteiger partial charge in [0.2, 0.25) is 0 Å². The van der Waals surface area contributed by atoms with E-state index in [1.165, 1.54) is 0 Å². The number of aliphatic carboxylic acids is 1. The van der Waals surface area contributed by atoms with Crippen molar-refractivity contribution in [3.8, 4) is 11.5 Å². The molecule has 1 fully saturated rings. The van der Waals surface area contributed by atoms with Crippen LogP contribution in [0.4, 0.5) is 4.79 Å². The lowest BCUT2D eigenvalue weighted by molar-refractivity contribution is -0.143. The Morgan fingerprint density at radius 1 is 1.04 bits per heavy atom. The number of rotatable bonds is 7. The van der Waals surface area contributed by atoms with Crippen LogP contribution in [0.15, 0.2) is 18.2 Å². The molecule has 1 aliphatic rings. The molecule has 1 saturated carbocycles. The van der Waals surface area contributed by atoms with Gasteiger partial charge < -0.3 is 24.6 Å². The quantitative estimate of drug-likeness (QED) is 0.678. The number of benzene rings is 1.